The summed E-state index contributed by atoms with van der Waals surface area (Å²) >= 11 is 11.6. The molecule has 166 valence electrons. The SMILES string of the molecule is COC(=O)C1=C(C)N(c2ccc3c(c2)OCCO3)C(=S)N[C@H]1c1ccc(Cl)c([N+](=O)[O-])c1. The Morgan fingerprint density at radius 1 is 1.25 bits per heavy atom. The van der Waals surface area contributed by atoms with Crippen molar-refractivity contribution in [3.63, 3.8) is 0 Å². The average molecular weight is 476 g/mol. The molecule has 0 unspecified atom stereocenters. The van der Waals surface area contributed by atoms with E-state index in [4.69, 9.17) is 38.0 Å². The number of hydrogen-bond donors (Lipinski definition) is 1. The summed E-state index contributed by atoms with van der Waals surface area (Å²) in [4.78, 5) is 25.2. The van der Waals surface area contributed by atoms with Gasteiger partial charge in [0, 0.05) is 17.8 Å². The molecule has 1 N–H and O–H groups in total. The normalized spacial score (nSPS) is 17.7. The van der Waals surface area contributed by atoms with Crippen LogP contribution in [0.15, 0.2) is 47.7 Å². The minimum absolute atomic E-state index is 0.00430. The van der Waals surface area contributed by atoms with E-state index in [2.05, 4.69) is 5.32 Å². The van der Waals surface area contributed by atoms with E-state index in [1.165, 1.54) is 19.2 Å². The van der Waals surface area contributed by atoms with Gasteiger partial charge < -0.3 is 19.5 Å². The van der Waals surface area contributed by atoms with Gasteiger partial charge in [0.1, 0.15) is 18.2 Å². The van der Waals surface area contributed by atoms with Gasteiger partial charge in [-0.2, -0.15) is 0 Å². The summed E-state index contributed by atoms with van der Waals surface area (Å²) in [7, 11) is 1.27. The zero-order valence-electron chi connectivity index (χ0n) is 17.1. The third kappa shape index (κ3) is 3.82. The molecule has 1 atom stereocenters. The van der Waals surface area contributed by atoms with Gasteiger partial charge in [0.05, 0.1) is 29.3 Å². The first-order valence-electron chi connectivity index (χ1n) is 9.55. The lowest BCUT2D eigenvalue weighted by molar-refractivity contribution is -0.384. The highest BCUT2D eigenvalue weighted by molar-refractivity contribution is 7.80. The van der Waals surface area contributed by atoms with Crippen LogP contribution in [-0.4, -0.2) is 36.3 Å². The van der Waals surface area contributed by atoms with Crippen LogP contribution in [-0.2, 0) is 9.53 Å². The van der Waals surface area contributed by atoms with Gasteiger partial charge in [0.15, 0.2) is 16.6 Å². The molecular formula is C21H18ClN3O6S. The van der Waals surface area contributed by atoms with Gasteiger partial charge >= 0.3 is 5.97 Å². The largest absolute Gasteiger partial charge is 0.486 e. The number of halogens is 1. The van der Waals surface area contributed by atoms with E-state index in [9.17, 15) is 14.9 Å². The van der Waals surface area contributed by atoms with E-state index >= 15 is 0 Å². The second-order valence-corrected chi connectivity index (χ2v) is 7.80. The third-order valence-electron chi connectivity index (χ3n) is 5.17. The summed E-state index contributed by atoms with van der Waals surface area (Å²) in [5.74, 6) is 0.596. The van der Waals surface area contributed by atoms with E-state index in [1.807, 2.05) is 0 Å². The number of nitro groups is 1. The predicted molar refractivity (Wildman–Crippen MR) is 121 cm³/mol. The molecule has 4 rings (SSSR count). The molecule has 0 amide bonds. The van der Waals surface area contributed by atoms with Gasteiger partial charge in [-0.15, -0.1) is 0 Å². The van der Waals surface area contributed by atoms with E-state index in [1.54, 1.807) is 36.1 Å². The first-order valence-corrected chi connectivity index (χ1v) is 10.3. The number of fused-ring (bicyclic) bond motifs is 1. The van der Waals surface area contributed by atoms with Crippen LogP contribution >= 0.6 is 23.8 Å². The molecule has 2 heterocycles. The van der Waals surface area contributed by atoms with Gasteiger partial charge in [0.2, 0.25) is 0 Å². The van der Waals surface area contributed by atoms with Crippen LogP contribution in [0.1, 0.15) is 18.5 Å². The van der Waals surface area contributed by atoms with Crippen molar-refractivity contribution in [2.24, 2.45) is 0 Å². The van der Waals surface area contributed by atoms with Crippen LogP contribution in [0, 0.1) is 10.1 Å². The minimum atomic E-state index is -0.764. The number of esters is 1. The highest BCUT2D eigenvalue weighted by Gasteiger charge is 2.36. The molecule has 0 saturated heterocycles. The summed E-state index contributed by atoms with van der Waals surface area (Å²) in [5, 5.41) is 14.8. The van der Waals surface area contributed by atoms with Crippen molar-refractivity contribution in [3.8, 4) is 11.5 Å². The first-order chi connectivity index (χ1) is 15.3. The molecule has 32 heavy (non-hydrogen) atoms. The number of nitro benzene ring substituents is 1. The molecule has 9 nitrogen and oxygen atoms in total. The number of benzene rings is 2. The number of nitrogens with one attached hydrogen (secondary N) is 1. The van der Waals surface area contributed by atoms with Crippen LogP contribution in [0.2, 0.25) is 5.02 Å². The summed E-state index contributed by atoms with van der Waals surface area (Å²) in [6.07, 6.45) is 0. The molecular weight excluding hydrogens is 458 g/mol. The van der Waals surface area contributed by atoms with Gasteiger partial charge in [-0.05, 0) is 42.9 Å². The fourth-order valence-electron chi connectivity index (χ4n) is 3.70. The number of methoxy groups -OCH3 is 1. The molecule has 0 aromatic heterocycles. The van der Waals surface area contributed by atoms with Crippen LogP contribution in [0.4, 0.5) is 11.4 Å². The summed E-state index contributed by atoms with van der Waals surface area (Å²) in [6.45, 7) is 2.63. The zero-order valence-corrected chi connectivity index (χ0v) is 18.7. The lowest BCUT2D eigenvalue weighted by Gasteiger charge is -2.37. The van der Waals surface area contributed by atoms with Crippen molar-refractivity contribution < 1.29 is 23.9 Å². The van der Waals surface area contributed by atoms with Crippen molar-refractivity contribution in [1.82, 2.24) is 5.32 Å². The number of hydrogen-bond acceptors (Lipinski definition) is 7. The van der Waals surface area contributed by atoms with Gasteiger partial charge in [-0.25, -0.2) is 4.79 Å². The van der Waals surface area contributed by atoms with Crippen molar-refractivity contribution in [2.45, 2.75) is 13.0 Å². The molecule has 0 aliphatic carbocycles. The molecule has 2 aromatic rings. The van der Waals surface area contributed by atoms with E-state index in [0.29, 0.717) is 46.8 Å². The molecule has 2 aliphatic rings. The topological polar surface area (TPSA) is 103 Å². The Morgan fingerprint density at radius 2 is 1.97 bits per heavy atom. The molecule has 2 aliphatic heterocycles. The predicted octanol–water partition coefficient (Wildman–Crippen LogP) is 3.90. The van der Waals surface area contributed by atoms with Crippen LogP contribution in [0.3, 0.4) is 0 Å². The molecule has 0 saturated carbocycles. The number of allylic oxidation sites excluding steroid dienone is 1. The zero-order chi connectivity index (χ0) is 23.0. The third-order valence-corrected chi connectivity index (χ3v) is 5.79. The van der Waals surface area contributed by atoms with Crippen LogP contribution in [0.25, 0.3) is 0 Å². The Labute approximate surface area is 193 Å². The molecule has 0 fully saturated rings. The van der Waals surface area contributed by atoms with Gasteiger partial charge in [-0.3, -0.25) is 15.0 Å². The van der Waals surface area contributed by atoms with E-state index in [-0.39, 0.29) is 16.3 Å². The second kappa shape index (κ2) is 8.64. The highest BCUT2D eigenvalue weighted by atomic mass is 35.5. The van der Waals surface area contributed by atoms with E-state index < -0.39 is 16.9 Å². The summed E-state index contributed by atoms with van der Waals surface area (Å²) in [6, 6.07) is 8.91. The Bertz CT molecular complexity index is 1170. The average Bonchev–Trinajstić information content (AvgIpc) is 2.78. The van der Waals surface area contributed by atoms with Gasteiger partial charge in [-0.1, -0.05) is 17.7 Å². The Balaban J connectivity index is 1.82. The molecule has 0 bridgehead atoms. The maximum atomic E-state index is 12.8. The minimum Gasteiger partial charge on any atom is -0.486 e. The molecule has 11 heteroatoms. The maximum Gasteiger partial charge on any atom is 0.337 e. The molecule has 0 spiro atoms. The number of rotatable bonds is 4. The number of thiocarbonyl (C=S) groups is 1. The number of nitrogens with zero attached hydrogens (tertiary/aromatic N) is 2. The lowest BCUT2D eigenvalue weighted by Crippen LogP contribution is -2.48. The highest BCUT2D eigenvalue weighted by Crippen LogP contribution is 2.39. The Morgan fingerprint density at radius 3 is 2.66 bits per heavy atom. The number of anilines is 1. The van der Waals surface area contributed by atoms with Crippen molar-refractivity contribution in [2.75, 3.05) is 25.2 Å². The van der Waals surface area contributed by atoms with Crippen molar-refractivity contribution >= 4 is 46.3 Å². The molecule has 2 aromatic carbocycles. The smallest absolute Gasteiger partial charge is 0.337 e. The standard InChI is InChI=1S/C21H18ClN3O6S/c1-11-18(20(26)29-2)19(12-3-5-14(22)15(9-12)25(27)28)23-21(32)24(11)13-4-6-16-17(10-13)31-8-7-30-16/h3-6,9-10,19H,7-8H2,1-2H3,(H,23,32)/t19-/m0/s1. The number of carbonyl (C=O) groups excluding carboxylic acids is 1. The second-order valence-electron chi connectivity index (χ2n) is 7.00. The fourth-order valence-corrected chi connectivity index (χ4v) is 4.25. The van der Waals surface area contributed by atoms with Crippen molar-refractivity contribution in [3.05, 3.63) is 68.4 Å². The first kappa shape index (κ1) is 21.8. The number of ether oxygens (including phenoxy) is 3. The monoisotopic (exact) mass is 475 g/mol. The molecule has 0 radical (unpaired) electrons. The van der Waals surface area contributed by atoms with Crippen LogP contribution < -0.4 is 19.7 Å². The summed E-state index contributed by atoms with van der Waals surface area (Å²) < 4.78 is 16.2. The lowest BCUT2D eigenvalue weighted by atomic mass is 9.94. The van der Waals surface area contributed by atoms with Gasteiger partial charge in [0.25, 0.3) is 5.69 Å². The Kier molecular flexibility index (Phi) is 5.90. The van der Waals surface area contributed by atoms with Crippen LogP contribution in [0.5, 0.6) is 11.5 Å². The quantitative estimate of drug-likeness (QED) is 0.305. The van der Waals surface area contributed by atoms with Crippen molar-refractivity contribution in [1.29, 1.82) is 0 Å². The maximum absolute atomic E-state index is 12.8. The number of carbonyl (C=O) groups is 1. The van der Waals surface area contributed by atoms with E-state index in [0.717, 1.165) is 0 Å². The summed E-state index contributed by atoms with van der Waals surface area (Å²) in [5.41, 5.74) is 1.61. The Hall–Kier alpha value is -3.37. The fraction of sp³-hybridized carbons (Fsp3) is 0.238.